The van der Waals surface area contributed by atoms with Gasteiger partial charge in [-0.1, -0.05) is 0 Å². The Balaban J connectivity index is 1.92. The first-order valence-electron chi connectivity index (χ1n) is 6.92. The fourth-order valence-corrected chi connectivity index (χ4v) is 3.77. The monoisotopic (exact) mass is 303 g/mol. The molecule has 0 saturated carbocycles. The van der Waals surface area contributed by atoms with Crippen LogP contribution in [0.3, 0.4) is 0 Å². The molecule has 1 aromatic carbocycles. The van der Waals surface area contributed by atoms with E-state index in [1.54, 1.807) is 17.4 Å². The van der Waals surface area contributed by atoms with Gasteiger partial charge < -0.3 is 5.32 Å². The lowest BCUT2D eigenvalue weighted by Gasteiger charge is -2.14. The molecule has 0 radical (unpaired) electrons. The summed E-state index contributed by atoms with van der Waals surface area (Å²) in [6, 6.07) is 9.35. The lowest BCUT2D eigenvalue weighted by Crippen LogP contribution is -2.19. The molecule has 3 rings (SSSR count). The largest absolute Gasteiger partial charge is 0.312 e. The van der Waals surface area contributed by atoms with Crippen molar-refractivity contribution in [3.63, 3.8) is 0 Å². The minimum absolute atomic E-state index is 0.185. The van der Waals surface area contributed by atoms with E-state index in [0.29, 0.717) is 0 Å². The molecule has 0 aliphatic rings. The number of thiophene rings is 1. The first-order valence-corrected chi connectivity index (χ1v) is 7.74. The van der Waals surface area contributed by atoms with Crippen LogP contribution >= 0.6 is 11.3 Å². The van der Waals surface area contributed by atoms with Gasteiger partial charge in [-0.2, -0.15) is 5.10 Å². The zero-order valence-corrected chi connectivity index (χ0v) is 13.2. The van der Waals surface area contributed by atoms with Crippen LogP contribution in [-0.4, -0.2) is 16.8 Å². The van der Waals surface area contributed by atoms with Crippen LogP contribution in [0.4, 0.5) is 4.39 Å². The Morgan fingerprint density at radius 2 is 2.14 bits per heavy atom. The van der Waals surface area contributed by atoms with Crippen molar-refractivity contribution in [2.75, 3.05) is 7.05 Å². The van der Waals surface area contributed by atoms with Gasteiger partial charge in [0.2, 0.25) is 0 Å². The van der Waals surface area contributed by atoms with Gasteiger partial charge in [0.1, 0.15) is 5.82 Å². The minimum atomic E-state index is -0.185. The minimum Gasteiger partial charge on any atom is -0.312 e. The summed E-state index contributed by atoms with van der Waals surface area (Å²) >= 11 is 1.71. The summed E-state index contributed by atoms with van der Waals surface area (Å²) in [5.41, 5.74) is 2.22. The number of fused-ring (bicyclic) bond motifs is 1. The molecule has 21 heavy (non-hydrogen) atoms. The zero-order chi connectivity index (χ0) is 15.0. The van der Waals surface area contributed by atoms with Crippen molar-refractivity contribution in [1.82, 2.24) is 15.1 Å². The molecule has 110 valence electrons. The molecule has 1 unspecified atom stereocenters. The van der Waals surface area contributed by atoms with Gasteiger partial charge in [-0.05, 0) is 49.7 Å². The second-order valence-corrected chi connectivity index (χ2v) is 6.39. The van der Waals surface area contributed by atoms with Gasteiger partial charge in [0.25, 0.3) is 0 Å². The number of nitrogens with zero attached hydrogens (tertiary/aromatic N) is 2. The summed E-state index contributed by atoms with van der Waals surface area (Å²) in [4.78, 5) is 1.22. The first kappa shape index (κ1) is 14.2. The van der Waals surface area contributed by atoms with E-state index < -0.39 is 0 Å². The lowest BCUT2D eigenvalue weighted by atomic mass is 10.1. The summed E-state index contributed by atoms with van der Waals surface area (Å²) in [6.07, 6.45) is 0.864. The molecule has 1 N–H and O–H groups in total. The summed E-state index contributed by atoms with van der Waals surface area (Å²) < 4.78 is 16.4. The molecule has 0 amide bonds. The highest BCUT2D eigenvalue weighted by molar-refractivity contribution is 7.19. The van der Waals surface area contributed by atoms with Crippen LogP contribution in [0, 0.1) is 12.7 Å². The number of hydrogen-bond acceptors (Lipinski definition) is 3. The number of aromatic nitrogens is 2. The average molecular weight is 303 g/mol. The van der Waals surface area contributed by atoms with Crippen molar-refractivity contribution >= 4 is 21.4 Å². The number of halogens is 1. The fourth-order valence-electron chi connectivity index (χ4n) is 2.62. The second kappa shape index (κ2) is 5.58. The highest BCUT2D eigenvalue weighted by Crippen LogP contribution is 2.31. The number of aryl methyl sites for hydroxylation is 2. The van der Waals surface area contributed by atoms with Crippen molar-refractivity contribution < 1.29 is 4.39 Å². The molecular formula is C16H18FN3S. The van der Waals surface area contributed by atoms with E-state index in [-0.39, 0.29) is 11.9 Å². The van der Waals surface area contributed by atoms with Crippen LogP contribution in [0.25, 0.3) is 10.1 Å². The van der Waals surface area contributed by atoms with Gasteiger partial charge in [-0.15, -0.1) is 11.3 Å². The van der Waals surface area contributed by atoms with Gasteiger partial charge in [-0.3, -0.25) is 4.68 Å². The fraction of sp³-hybridized carbons (Fsp3) is 0.312. The van der Waals surface area contributed by atoms with Crippen LogP contribution in [0.5, 0.6) is 0 Å². The Kier molecular flexibility index (Phi) is 3.78. The predicted octanol–water partition coefficient (Wildman–Crippen LogP) is 3.59. The van der Waals surface area contributed by atoms with Gasteiger partial charge in [0.15, 0.2) is 0 Å². The van der Waals surface area contributed by atoms with Crippen LogP contribution in [0.1, 0.15) is 22.3 Å². The Hall–Kier alpha value is -1.72. The molecule has 0 fully saturated rings. The van der Waals surface area contributed by atoms with Crippen LogP contribution in [-0.2, 0) is 13.5 Å². The SMILES string of the molecule is CNC(Cc1cc(C)nn1C)c1cc2cc(F)ccc2s1. The van der Waals surface area contributed by atoms with Crippen molar-refractivity contribution in [3.8, 4) is 0 Å². The molecule has 1 atom stereocenters. The molecule has 0 spiro atoms. The van der Waals surface area contributed by atoms with Crippen molar-refractivity contribution in [2.24, 2.45) is 7.05 Å². The van der Waals surface area contributed by atoms with Crippen LogP contribution in [0.2, 0.25) is 0 Å². The quantitative estimate of drug-likeness (QED) is 0.798. The molecule has 3 aromatic rings. The summed E-state index contributed by atoms with van der Waals surface area (Å²) in [5, 5.41) is 8.71. The molecule has 0 aliphatic heterocycles. The maximum absolute atomic E-state index is 13.3. The maximum atomic E-state index is 13.3. The van der Waals surface area contributed by atoms with Crippen LogP contribution < -0.4 is 5.32 Å². The third-order valence-corrected chi connectivity index (χ3v) is 4.93. The van der Waals surface area contributed by atoms with Gasteiger partial charge in [-0.25, -0.2) is 4.39 Å². The van der Waals surface area contributed by atoms with Crippen molar-refractivity contribution in [2.45, 2.75) is 19.4 Å². The van der Waals surface area contributed by atoms with Crippen molar-refractivity contribution in [3.05, 3.63) is 52.4 Å². The highest BCUT2D eigenvalue weighted by atomic mass is 32.1. The Morgan fingerprint density at radius 1 is 1.33 bits per heavy atom. The van der Waals surface area contributed by atoms with E-state index in [9.17, 15) is 4.39 Å². The molecule has 0 bridgehead atoms. The maximum Gasteiger partial charge on any atom is 0.123 e. The predicted molar refractivity (Wildman–Crippen MR) is 85.2 cm³/mol. The molecule has 5 heteroatoms. The van der Waals surface area contributed by atoms with E-state index in [1.807, 2.05) is 31.8 Å². The first-order chi connectivity index (χ1) is 10.1. The lowest BCUT2D eigenvalue weighted by molar-refractivity contribution is 0.569. The number of rotatable bonds is 4. The molecule has 0 aliphatic carbocycles. The van der Waals surface area contributed by atoms with E-state index in [2.05, 4.69) is 22.5 Å². The summed E-state index contributed by atoms with van der Waals surface area (Å²) in [7, 11) is 3.92. The summed E-state index contributed by atoms with van der Waals surface area (Å²) in [6.45, 7) is 2.00. The smallest absolute Gasteiger partial charge is 0.123 e. The average Bonchev–Trinajstić information content (AvgIpc) is 2.98. The Labute approximate surface area is 127 Å². The van der Waals surface area contributed by atoms with E-state index in [0.717, 1.165) is 22.2 Å². The molecular weight excluding hydrogens is 285 g/mol. The summed E-state index contributed by atoms with van der Waals surface area (Å²) in [5.74, 6) is -0.185. The van der Waals surface area contributed by atoms with Gasteiger partial charge in [0.05, 0.1) is 5.69 Å². The third-order valence-electron chi connectivity index (χ3n) is 3.70. The highest BCUT2D eigenvalue weighted by Gasteiger charge is 2.16. The standard InChI is InChI=1S/C16H18FN3S/c1-10-6-13(20(3)19-10)9-14(18-2)16-8-11-7-12(17)4-5-15(11)21-16/h4-8,14,18H,9H2,1-3H3. The second-order valence-electron chi connectivity index (χ2n) is 5.28. The number of benzene rings is 1. The zero-order valence-electron chi connectivity index (χ0n) is 12.4. The number of nitrogens with one attached hydrogen (secondary N) is 1. The molecule has 2 aromatic heterocycles. The Morgan fingerprint density at radius 3 is 2.81 bits per heavy atom. The molecule has 3 nitrogen and oxygen atoms in total. The molecule has 2 heterocycles. The number of likely N-dealkylation sites (N-methyl/N-ethyl adjacent to an activating group) is 1. The van der Waals surface area contributed by atoms with Gasteiger partial charge >= 0.3 is 0 Å². The van der Waals surface area contributed by atoms with E-state index in [1.165, 1.54) is 16.6 Å². The normalized spacial score (nSPS) is 13.0. The molecule has 0 saturated heterocycles. The van der Waals surface area contributed by atoms with E-state index >= 15 is 0 Å². The third kappa shape index (κ3) is 2.84. The van der Waals surface area contributed by atoms with Crippen LogP contribution in [0.15, 0.2) is 30.3 Å². The topological polar surface area (TPSA) is 29.9 Å². The number of hydrogen-bond donors (Lipinski definition) is 1. The van der Waals surface area contributed by atoms with E-state index in [4.69, 9.17) is 0 Å². The van der Waals surface area contributed by atoms with Crippen molar-refractivity contribution in [1.29, 1.82) is 0 Å². The Bertz CT molecular complexity index is 775. The van der Waals surface area contributed by atoms with Gasteiger partial charge in [0, 0.05) is 34.8 Å².